The van der Waals surface area contributed by atoms with Crippen molar-refractivity contribution in [2.45, 2.75) is 26.3 Å². The van der Waals surface area contributed by atoms with Crippen LogP contribution in [0.1, 0.15) is 35.7 Å². The number of methoxy groups -OCH3 is 1. The van der Waals surface area contributed by atoms with Crippen molar-refractivity contribution in [1.29, 1.82) is 0 Å². The van der Waals surface area contributed by atoms with Crippen molar-refractivity contribution >= 4 is 11.9 Å². The number of nitrogens with one attached hydrogen (secondary N) is 1. The molecule has 6 heteroatoms. The van der Waals surface area contributed by atoms with Gasteiger partial charge in [-0.3, -0.25) is 4.79 Å². The molecule has 2 rings (SSSR count). The highest BCUT2D eigenvalue weighted by atomic mass is 16.5. The van der Waals surface area contributed by atoms with Crippen molar-refractivity contribution in [3.63, 3.8) is 0 Å². The van der Waals surface area contributed by atoms with E-state index in [-0.39, 0.29) is 5.91 Å². The molecule has 0 aliphatic heterocycles. The summed E-state index contributed by atoms with van der Waals surface area (Å²) in [5.74, 6) is 1.24. The summed E-state index contributed by atoms with van der Waals surface area (Å²) in [7, 11) is 3.44. The quantitative estimate of drug-likeness (QED) is 0.807. The fourth-order valence-electron chi connectivity index (χ4n) is 2.27. The van der Waals surface area contributed by atoms with Crippen molar-refractivity contribution in [1.82, 2.24) is 14.9 Å². The Balaban J connectivity index is 1.95. The number of hydrogen-bond donors (Lipinski definition) is 1. The summed E-state index contributed by atoms with van der Waals surface area (Å²) in [5, 5.41) is 3.14. The van der Waals surface area contributed by atoms with Gasteiger partial charge in [-0.1, -0.05) is 31.5 Å². The van der Waals surface area contributed by atoms with Crippen molar-refractivity contribution in [2.75, 3.05) is 26.0 Å². The van der Waals surface area contributed by atoms with Crippen LogP contribution in [0.4, 0.5) is 5.95 Å². The molecule has 0 radical (unpaired) electrons. The van der Waals surface area contributed by atoms with Crippen LogP contribution in [0.15, 0.2) is 36.7 Å². The number of benzene rings is 1. The van der Waals surface area contributed by atoms with E-state index >= 15 is 0 Å². The zero-order valence-corrected chi connectivity index (χ0v) is 14.5. The van der Waals surface area contributed by atoms with Gasteiger partial charge in [0, 0.05) is 38.1 Å². The molecule has 0 unspecified atom stereocenters. The van der Waals surface area contributed by atoms with E-state index in [0.717, 1.165) is 30.7 Å². The van der Waals surface area contributed by atoms with E-state index in [4.69, 9.17) is 4.74 Å². The maximum atomic E-state index is 12.2. The number of unbranched alkanes of at least 4 members (excludes halogenated alkanes) is 1. The molecule has 1 N–H and O–H groups in total. The molecule has 1 amide bonds. The van der Waals surface area contributed by atoms with Crippen LogP contribution in [0.25, 0.3) is 0 Å². The van der Waals surface area contributed by atoms with Crippen LogP contribution in [0.2, 0.25) is 0 Å². The summed E-state index contributed by atoms with van der Waals surface area (Å²) in [6.07, 6.45) is 5.16. The van der Waals surface area contributed by atoms with Gasteiger partial charge in [0.05, 0.1) is 12.7 Å². The predicted octanol–water partition coefficient (Wildman–Crippen LogP) is 2.97. The van der Waals surface area contributed by atoms with E-state index in [1.807, 2.05) is 24.3 Å². The lowest BCUT2D eigenvalue weighted by Gasteiger charge is -2.16. The number of nitrogens with zero attached hydrogens (tertiary/aromatic N) is 3. The Kier molecular flexibility index (Phi) is 6.54. The Labute approximate surface area is 142 Å². The largest absolute Gasteiger partial charge is 0.496 e. The topological polar surface area (TPSA) is 67.4 Å². The Morgan fingerprint density at radius 1 is 1.25 bits per heavy atom. The zero-order valence-electron chi connectivity index (χ0n) is 14.5. The number of carbonyl (C=O) groups excluding carboxylic acids is 1. The van der Waals surface area contributed by atoms with Crippen LogP contribution < -0.4 is 10.1 Å². The molecule has 1 aromatic carbocycles. The Morgan fingerprint density at radius 3 is 2.62 bits per heavy atom. The smallest absolute Gasteiger partial charge is 0.256 e. The average molecular weight is 328 g/mol. The Bertz CT molecular complexity index is 658. The van der Waals surface area contributed by atoms with E-state index in [2.05, 4.69) is 22.2 Å². The Hall–Kier alpha value is -2.63. The maximum Gasteiger partial charge on any atom is 0.256 e. The minimum Gasteiger partial charge on any atom is -0.496 e. The van der Waals surface area contributed by atoms with Gasteiger partial charge in [-0.25, -0.2) is 9.97 Å². The van der Waals surface area contributed by atoms with Crippen LogP contribution in [-0.4, -0.2) is 41.5 Å². The van der Waals surface area contributed by atoms with Gasteiger partial charge in [0.15, 0.2) is 0 Å². The van der Waals surface area contributed by atoms with Crippen molar-refractivity contribution in [2.24, 2.45) is 0 Å². The van der Waals surface area contributed by atoms with Gasteiger partial charge >= 0.3 is 0 Å². The molecule has 2 aromatic rings. The standard InChI is InChI=1S/C18H24N4O2/c1-4-5-10-22(2)17(23)15-12-20-18(21-13-15)19-11-14-8-6-7-9-16(14)24-3/h6-9,12-13H,4-5,10-11H2,1-3H3,(H,19,20,21). The lowest BCUT2D eigenvalue weighted by molar-refractivity contribution is 0.0792. The molecule has 6 nitrogen and oxygen atoms in total. The Morgan fingerprint density at radius 2 is 1.96 bits per heavy atom. The van der Waals surface area contributed by atoms with Gasteiger partial charge in [0.25, 0.3) is 5.91 Å². The van der Waals surface area contributed by atoms with Crippen molar-refractivity contribution < 1.29 is 9.53 Å². The minimum atomic E-state index is -0.0558. The third-order valence-electron chi connectivity index (χ3n) is 3.72. The summed E-state index contributed by atoms with van der Waals surface area (Å²) in [6.45, 7) is 3.39. The summed E-state index contributed by atoms with van der Waals surface area (Å²) in [6, 6.07) is 7.76. The zero-order chi connectivity index (χ0) is 17.4. The molecule has 1 aromatic heterocycles. The highest BCUT2D eigenvalue weighted by Gasteiger charge is 2.12. The highest BCUT2D eigenvalue weighted by molar-refractivity contribution is 5.93. The van der Waals surface area contributed by atoms with Crippen LogP contribution >= 0.6 is 0 Å². The first-order valence-electron chi connectivity index (χ1n) is 8.09. The van der Waals surface area contributed by atoms with E-state index in [0.29, 0.717) is 18.1 Å². The van der Waals surface area contributed by atoms with Gasteiger partial charge in [-0.2, -0.15) is 0 Å². The fourth-order valence-corrected chi connectivity index (χ4v) is 2.27. The first-order valence-corrected chi connectivity index (χ1v) is 8.09. The maximum absolute atomic E-state index is 12.2. The monoisotopic (exact) mass is 328 g/mol. The second kappa shape index (κ2) is 8.86. The van der Waals surface area contributed by atoms with Crippen molar-refractivity contribution in [3.05, 3.63) is 47.8 Å². The van der Waals surface area contributed by atoms with Crippen LogP contribution in [0.3, 0.4) is 0 Å². The minimum absolute atomic E-state index is 0.0558. The second-order valence-corrected chi connectivity index (χ2v) is 5.54. The average Bonchev–Trinajstić information content (AvgIpc) is 2.64. The predicted molar refractivity (Wildman–Crippen MR) is 94.2 cm³/mol. The molecule has 0 aliphatic rings. The van der Waals surface area contributed by atoms with E-state index < -0.39 is 0 Å². The lowest BCUT2D eigenvalue weighted by Crippen LogP contribution is -2.28. The summed E-state index contributed by atoms with van der Waals surface area (Å²) in [4.78, 5) is 22.4. The molecule has 0 bridgehead atoms. The SMILES string of the molecule is CCCCN(C)C(=O)c1cnc(NCc2ccccc2OC)nc1. The number of amides is 1. The van der Waals surface area contributed by atoms with E-state index in [9.17, 15) is 4.79 Å². The molecular formula is C18H24N4O2. The first kappa shape index (κ1) is 17.7. The normalized spacial score (nSPS) is 10.3. The molecule has 0 fully saturated rings. The van der Waals surface area contributed by atoms with Gasteiger partial charge in [0.1, 0.15) is 5.75 Å². The first-order chi connectivity index (χ1) is 11.7. The summed E-state index contributed by atoms with van der Waals surface area (Å²) < 4.78 is 5.31. The van der Waals surface area contributed by atoms with Gasteiger partial charge in [0.2, 0.25) is 5.95 Å². The van der Waals surface area contributed by atoms with E-state index in [1.54, 1.807) is 31.5 Å². The molecule has 128 valence electrons. The molecule has 0 atom stereocenters. The number of aromatic nitrogens is 2. The highest BCUT2D eigenvalue weighted by Crippen LogP contribution is 2.18. The number of ether oxygens (including phenoxy) is 1. The third kappa shape index (κ3) is 4.68. The lowest BCUT2D eigenvalue weighted by atomic mass is 10.2. The van der Waals surface area contributed by atoms with Gasteiger partial charge in [-0.05, 0) is 12.5 Å². The number of anilines is 1. The third-order valence-corrected chi connectivity index (χ3v) is 3.72. The number of para-hydroxylation sites is 1. The number of hydrogen-bond acceptors (Lipinski definition) is 5. The molecule has 1 heterocycles. The molecule has 0 aliphatic carbocycles. The molecular weight excluding hydrogens is 304 g/mol. The van der Waals surface area contributed by atoms with E-state index in [1.165, 1.54) is 0 Å². The molecule has 0 saturated heterocycles. The molecule has 24 heavy (non-hydrogen) atoms. The summed E-state index contributed by atoms with van der Waals surface area (Å²) >= 11 is 0. The molecule has 0 saturated carbocycles. The van der Waals surface area contributed by atoms with Crippen LogP contribution in [0.5, 0.6) is 5.75 Å². The second-order valence-electron chi connectivity index (χ2n) is 5.54. The molecule has 0 spiro atoms. The van der Waals surface area contributed by atoms with Crippen LogP contribution in [0, 0.1) is 0 Å². The summed E-state index contributed by atoms with van der Waals surface area (Å²) in [5.41, 5.74) is 1.51. The number of carbonyl (C=O) groups is 1. The van der Waals surface area contributed by atoms with Crippen molar-refractivity contribution in [3.8, 4) is 5.75 Å². The van der Waals surface area contributed by atoms with Gasteiger partial charge < -0.3 is 15.0 Å². The number of rotatable bonds is 8. The fraction of sp³-hybridized carbons (Fsp3) is 0.389. The van der Waals surface area contributed by atoms with Crippen LogP contribution in [-0.2, 0) is 6.54 Å². The van der Waals surface area contributed by atoms with Gasteiger partial charge in [-0.15, -0.1) is 0 Å².